The van der Waals surface area contributed by atoms with E-state index >= 15 is 0 Å². The van der Waals surface area contributed by atoms with E-state index < -0.39 is 5.54 Å². The lowest BCUT2D eigenvalue weighted by Crippen LogP contribution is -2.58. The highest BCUT2D eigenvalue weighted by Gasteiger charge is 2.34. The molecule has 0 spiro atoms. The van der Waals surface area contributed by atoms with Gasteiger partial charge in [0.05, 0.1) is 10.5 Å². The maximum Gasteiger partial charge on any atom is 0.292 e. The highest BCUT2D eigenvalue weighted by atomic mass is 35.5. The molecule has 1 aliphatic rings. The van der Waals surface area contributed by atoms with Gasteiger partial charge in [-0.3, -0.25) is 14.9 Å². The first-order valence-corrected chi connectivity index (χ1v) is 7.93. The number of halogens is 1. The predicted octanol–water partition coefficient (Wildman–Crippen LogP) is 2.18. The summed E-state index contributed by atoms with van der Waals surface area (Å²) in [6.45, 7) is 5.97. The van der Waals surface area contributed by atoms with Crippen molar-refractivity contribution in [3.63, 3.8) is 0 Å². The fourth-order valence-corrected chi connectivity index (χ4v) is 3.02. The van der Waals surface area contributed by atoms with Gasteiger partial charge in [-0.15, -0.1) is 12.4 Å². The molecule has 7 nitrogen and oxygen atoms in total. The number of nitrogens with zero attached hydrogens (tertiary/aromatic N) is 3. The largest absolute Gasteiger partial charge is 0.362 e. The molecule has 1 fully saturated rings. The molecule has 1 unspecified atom stereocenters. The van der Waals surface area contributed by atoms with E-state index in [1.165, 1.54) is 6.07 Å². The van der Waals surface area contributed by atoms with Crippen LogP contribution < -0.4 is 10.6 Å². The maximum absolute atomic E-state index is 12.5. The van der Waals surface area contributed by atoms with Crippen LogP contribution in [0.1, 0.15) is 26.7 Å². The normalized spacial score (nSPS) is 17.0. The summed E-state index contributed by atoms with van der Waals surface area (Å²) in [5, 5.41) is 11.1. The molecular weight excluding hydrogens is 332 g/mol. The molecule has 1 saturated heterocycles. The molecule has 0 saturated carbocycles. The minimum absolute atomic E-state index is 0. The molecule has 1 amide bonds. The maximum atomic E-state index is 12.5. The number of nitro benzene ring substituents is 1. The average molecular weight is 357 g/mol. The third kappa shape index (κ3) is 4.36. The lowest BCUT2D eigenvalue weighted by molar-refractivity contribution is -0.384. The van der Waals surface area contributed by atoms with E-state index in [1.54, 1.807) is 30.0 Å². The number of carbonyl (C=O) groups excluding carboxylic acids is 1. The predicted molar refractivity (Wildman–Crippen MR) is 96.6 cm³/mol. The van der Waals surface area contributed by atoms with Gasteiger partial charge in [-0.25, -0.2) is 0 Å². The fourth-order valence-electron chi connectivity index (χ4n) is 3.02. The van der Waals surface area contributed by atoms with Gasteiger partial charge in [0.15, 0.2) is 0 Å². The van der Waals surface area contributed by atoms with Crippen molar-refractivity contribution in [2.24, 2.45) is 5.73 Å². The van der Waals surface area contributed by atoms with Gasteiger partial charge in [-0.05, 0) is 19.4 Å². The number of para-hydroxylation sites is 2. The second-order valence-electron chi connectivity index (χ2n) is 6.19. The van der Waals surface area contributed by atoms with Crippen LogP contribution in [0.3, 0.4) is 0 Å². The molecule has 0 radical (unpaired) electrons. The Labute approximate surface area is 148 Å². The molecule has 0 aromatic heterocycles. The number of nitro groups is 1. The van der Waals surface area contributed by atoms with Crippen molar-refractivity contribution in [3.8, 4) is 0 Å². The van der Waals surface area contributed by atoms with Crippen LogP contribution in [0.2, 0.25) is 0 Å². The van der Waals surface area contributed by atoms with Crippen LogP contribution in [0.4, 0.5) is 11.4 Å². The molecule has 0 aliphatic carbocycles. The first-order valence-electron chi connectivity index (χ1n) is 7.93. The summed E-state index contributed by atoms with van der Waals surface area (Å²) in [5.41, 5.74) is 5.98. The molecule has 1 aromatic rings. The molecule has 1 heterocycles. The Hall–Kier alpha value is -1.86. The van der Waals surface area contributed by atoms with Crippen molar-refractivity contribution in [1.82, 2.24) is 4.90 Å². The van der Waals surface area contributed by atoms with Crippen molar-refractivity contribution < 1.29 is 9.72 Å². The smallest absolute Gasteiger partial charge is 0.292 e. The summed E-state index contributed by atoms with van der Waals surface area (Å²) in [6.07, 6.45) is 1.51. The zero-order valence-corrected chi connectivity index (χ0v) is 14.9. The Balaban J connectivity index is 0.00000288. The third-order valence-electron chi connectivity index (χ3n) is 4.24. The zero-order valence-electron chi connectivity index (χ0n) is 14.1. The van der Waals surface area contributed by atoms with Gasteiger partial charge in [0.2, 0.25) is 5.91 Å². The fraction of sp³-hybridized carbons (Fsp3) is 0.562. The average Bonchev–Trinajstić information content (AvgIpc) is 2.54. The molecule has 1 atom stereocenters. The number of piperazine rings is 1. The molecule has 134 valence electrons. The summed E-state index contributed by atoms with van der Waals surface area (Å²) in [5.74, 6) is -0.0402. The molecule has 1 aliphatic heterocycles. The number of hydrogen-bond acceptors (Lipinski definition) is 5. The topological polar surface area (TPSA) is 92.7 Å². The third-order valence-corrected chi connectivity index (χ3v) is 4.24. The van der Waals surface area contributed by atoms with Crippen LogP contribution in [-0.4, -0.2) is 47.4 Å². The Kier molecular flexibility index (Phi) is 6.98. The standard InChI is InChI=1S/C16H24N4O3.ClH/c1-3-8-16(2,17)15(21)19-11-9-18(10-12-19)13-6-4-5-7-14(13)20(22)23;/h4-7H,3,8-12,17H2,1-2H3;1H. The van der Waals surface area contributed by atoms with Crippen LogP contribution in [-0.2, 0) is 4.79 Å². The van der Waals surface area contributed by atoms with Crippen LogP contribution >= 0.6 is 12.4 Å². The van der Waals surface area contributed by atoms with E-state index in [0.29, 0.717) is 38.3 Å². The number of anilines is 1. The SMILES string of the molecule is CCCC(C)(N)C(=O)N1CCN(c2ccccc2[N+](=O)[O-])CC1.Cl. The van der Waals surface area contributed by atoms with Crippen LogP contribution in [0.25, 0.3) is 0 Å². The van der Waals surface area contributed by atoms with Crippen LogP contribution in [0, 0.1) is 10.1 Å². The molecule has 0 bridgehead atoms. The van der Waals surface area contributed by atoms with Gasteiger partial charge >= 0.3 is 0 Å². The van der Waals surface area contributed by atoms with Crippen molar-refractivity contribution in [2.45, 2.75) is 32.2 Å². The first-order chi connectivity index (χ1) is 10.9. The minimum Gasteiger partial charge on any atom is -0.362 e. The highest BCUT2D eigenvalue weighted by Crippen LogP contribution is 2.28. The quantitative estimate of drug-likeness (QED) is 0.644. The molecule has 1 aromatic carbocycles. The first kappa shape index (κ1) is 20.2. The lowest BCUT2D eigenvalue weighted by Gasteiger charge is -2.39. The molecule has 24 heavy (non-hydrogen) atoms. The summed E-state index contributed by atoms with van der Waals surface area (Å²) >= 11 is 0. The van der Waals surface area contributed by atoms with Gasteiger partial charge in [-0.2, -0.15) is 0 Å². The van der Waals surface area contributed by atoms with E-state index in [4.69, 9.17) is 5.73 Å². The molecule has 8 heteroatoms. The molecular formula is C16H25ClN4O3. The van der Waals surface area contributed by atoms with E-state index in [9.17, 15) is 14.9 Å². The van der Waals surface area contributed by atoms with Crippen LogP contribution in [0.5, 0.6) is 0 Å². The van der Waals surface area contributed by atoms with E-state index in [0.717, 1.165) is 6.42 Å². The Morgan fingerprint density at radius 2 is 1.88 bits per heavy atom. The van der Waals surface area contributed by atoms with Crippen molar-refractivity contribution in [3.05, 3.63) is 34.4 Å². The van der Waals surface area contributed by atoms with Gasteiger partial charge in [-0.1, -0.05) is 25.5 Å². The van der Waals surface area contributed by atoms with Crippen molar-refractivity contribution >= 4 is 29.7 Å². The van der Waals surface area contributed by atoms with E-state index in [1.807, 2.05) is 11.8 Å². The number of amides is 1. The second-order valence-corrected chi connectivity index (χ2v) is 6.19. The summed E-state index contributed by atoms with van der Waals surface area (Å²) in [7, 11) is 0. The van der Waals surface area contributed by atoms with Crippen molar-refractivity contribution in [2.75, 3.05) is 31.1 Å². The van der Waals surface area contributed by atoms with Crippen molar-refractivity contribution in [1.29, 1.82) is 0 Å². The molecule has 2 N–H and O–H groups in total. The number of benzene rings is 1. The van der Waals surface area contributed by atoms with Crippen LogP contribution in [0.15, 0.2) is 24.3 Å². The summed E-state index contributed by atoms with van der Waals surface area (Å²) in [4.78, 5) is 27.0. The summed E-state index contributed by atoms with van der Waals surface area (Å²) < 4.78 is 0. The number of carbonyl (C=O) groups is 1. The monoisotopic (exact) mass is 356 g/mol. The van der Waals surface area contributed by atoms with E-state index in [-0.39, 0.29) is 28.9 Å². The van der Waals surface area contributed by atoms with Gasteiger partial charge < -0.3 is 15.5 Å². The summed E-state index contributed by atoms with van der Waals surface area (Å²) in [6, 6.07) is 6.70. The van der Waals surface area contributed by atoms with E-state index in [2.05, 4.69) is 0 Å². The lowest BCUT2D eigenvalue weighted by atomic mass is 9.95. The number of rotatable bonds is 5. The Morgan fingerprint density at radius 3 is 2.42 bits per heavy atom. The van der Waals surface area contributed by atoms with Gasteiger partial charge in [0.1, 0.15) is 5.69 Å². The highest BCUT2D eigenvalue weighted by molar-refractivity contribution is 5.86. The second kappa shape index (κ2) is 8.30. The Morgan fingerprint density at radius 1 is 1.29 bits per heavy atom. The van der Waals surface area contributed by atoms with Gasteiger partial charge in [0.25, 0.3) is 5.69 Å². The van der Waals surface area contributed by atoms with Gasteiger partial charge in [0, 0.05) is 32.2 Å². The Bertz CT molecular complexity index is 586. The number of nitrogens with two attached hydrogens (primary N) is 1. The minimum atomic E-state index is -0.838. The molecule has 2 rings (SSSR count). The zero-order chi connectivity index (χ0) is 17.0. The number of hydrogen-bond donors (Lipinski definition) is 1.